The molecule has 0 aliphatic carbocycles. The van der Waals surface area contributed by atoms with Gasteiger partial charge in [-0.05, 0) is 98.6 Å². The first kappa shape index (κ1) is 40.1. The van der Waals surface area contributed by atoms with Gasteiger partial charge in [0.2, 0.25) is 0 Å². The predicted molar refractivity (Wildman–Crippen MR) is 299 cm³/mol. The highest BCUT2D eigenvalue weighted by atomic mass is 28.3. The van der Waals surface area contributed by atoms with Crippen LogP contribution in [-0.4, -0.2) is 21.8 Å². The van der Waals surface area contributed by atoms with Crippen LogP contribution in [0.5, 0.6) is 0 Å². The van der Waals surface area contributed by atoms with Crippen molar-refractivity contribution in [2.75, 3.05) is 0 Å². The number of benzene rings is 11. The predicted octanol–water partition coefficient (Wildman–Crippen LogP) is 14.0. The molecule has 3 aromatic heterocycles. The van der Waals surface area contributed by atoms with Crippen LogP contribution < -0.4 is 20.7 Å². The second-order valence-corrected chi connectivity index (χ2v) is 22.2. The Kier molecular flexibility index (Phi) is 9.23. The molecule has 11 aromatic carbocycles. The first-order valence-corrected chi connectivity index (χ1v) is 26.2. The maximum absolute atomic E-state index is 2.70. The van der Waals surface area contributed by atoms with Crippen molar-refractivity contribution < 1.29 is 0 Å². The topological polar surface area (TPSA) is 14.8 Å². The van der Waals surface area contributed by atoms with Crippen LogP contribution in [0.4, 0.5) is 0 Å². The number of nitrogens with zero attached hydrogens (tertiary/aromatic N) is 3. The molecule has 0 radical (unpaired) electrons. The minimum atomic E-state index is -2.70. The van der Waals surface area contributed by atoms with E-state index in [0.717, 1.165) is 17.1 Å². The molecule has 0 saturated heterocycles. The number of rotatable bonds is 8. The molecule has 70 heavy (non-hydrogen) atoms. The maximum atomic E-state index is 2.51. The van der Waals surface area contributed by atoms with Crippen LogP contribution in [0.3, 0.4) is 0 Å². The van der Waals surface area contributed by atoms with Crippen LogP contribution in [0.15, 0.2) is 273 Å². The first-order valence-electron chi connectivity index (χ1n) is 24.2. The summed E-state index contributed by atoms with van der Waals surface area (Å²) in [6, 6.07) is 101. The normalized spacial score (nSPS) is 12.0. The van der Waals surface area contributed by atoms with Crippen LogP contribution in [-0.2, 0) is 0 Å². The zero-order valence-electron chi connectivity index (χ0n) is 38.3. The molecular weight excluding hydrogens is 863 g/mol. The Balaban J connectivity index is 0.962. The van der Waals surface area contributed by atoms with Crippen molar-refractivity contribution in [1.29, 1.82) is 0 Å². The SMILES string of the molecule is c1ccc(-n2c3ccccc3c3ccc(-c4ccc5c6ccccc6n(-c6cccc7c6c6ccccc6n7-c6ccc([Si](c7ccccc7)(c7ccccc7)c7ccccc7)cc6)c5c4)cc32)cc1. The second-order valence-electron chi connectivity index (χ2n) is 18.4. The molecule has 0 fully saturated rings. The summed E-state index contributed by atoms with van der Waals surface area (Å²) >= 11 is 0. The molecular formula is C66H45N3Si. The fourth-order valence-corrected chi connectivity index (χ4v) is 16.5. The molecule has 0 saturated carbocycles. The van der Waals surface area contributed by atoms with E-state index < -0.39 is 8.07 Å². The fourth-order valence-electron chi connectivity index (χ4n) is 11.8. The van der Waals surface area contributed by atoms with Gasteiger partial charge in [0.25, 0.3) is 0 Å². The van der Waals surface area contributed by atoms with Crippen molar-refractivity contribution in [3.63, 3.8) is 0 Å². The van der Waals surface area contributed by atoms with Crippen LogP contribution in [0.1, 0.15) is 0 Å². The van der Waals surface area contributed by atoms with Crippen LogP contribution in [0.2, 0.25) is 0 Å². The minimum Gasteiger partial charge on any atom is -0.309 e. The summed E-state index contributed by atoms with van der Waals surface area (Å²) in [7, 11) is -2.70. The fraction of sp³-hybridized carbons (Fsp3) is 0. The lowest BCUT2D eigenvalue weighted by atomic mass is 10.0. The Hall–Kier alpha value is -8.96. The van der Waals surface area contributed by atoms with Crippen LogP contribution in [0, 0.1) is 0 Å². The number of fused-ring (bicyclic) bond motifs is 9. The smallest absolute Gasteiger partial charge is 0.179 e. The molecule has 3 nitrogen and oxygen atoms in total. The van der Waals surface area contributed by atoms with Gasteiger partial charge >= 0.3 is 0 Å². The Morgan fingerprint density at radius 2 is 0.600 bits per heavy atom. The van der Waals surface area contributed by atoms with E-state index in [-0.39, 0.29) is 0 Å². The summed E-state index contributed by atoms with van der Waals surface area (Å²) in [6.07, 6.45) is 0. The van der Waals surface area contributed by atoms with E-state index in [1.54, 1.807) is 0 Å². The molecule has 0 aliphatic heterocycles. The lowest BCUT2D eigenvalue weighted by Gasteiger charge is -2.34. The van der Waals surface area contributed by atoms with Gasteiger partial charge in [-0.3, -0.25) is 0 Å². The van der Waals surface area contributed by atoms with E-state index in [2.05, 4.69) is 287 Å². The molecule has 4 heteroatoms. The summed E-state index contributed by atoms with van der Waals surface area (Å²) in [5.41, 5.74) is 12.9. The maximum Gasteiger partial charge on any atom is 0.179 e. The summed E-state index contributed by atoms with van der Waals surface area (Å²) in [5.74, 6) is 0. The molecule has 14 rings (SSSR count). The van der Waals surface area contributed by atoms with Crippen molar-refractivity contribution in [1.82, 2.24) is 13.7 Å². The van der Waals surface area contributed by atoms with Gasteiger partial charge in [0.1, 0.15) is 0 Å². The van der Waals surface area contributed by atoms with Crippen LogP contribution in [0.25, 0.3) is 93.6 Å². The van der Waals surface area contributed by atoms with Crippen molar-refractivity contribution >= 4 is 94.2 Å². The summed E-state index contributed by atoms with van der Waals surface area (Å²) in [4.78, 5) is 0. The van der Waals surface area contributed by atoms with Crippen molar-refractivity contribution in [3.05, 3.63) is 273 Å². The monoisotopic (exact) mass is 907 g/mol. The first-order chi connectivity index (χ1) is 34.8. The molecule has 0 amide bonds. The molecule has 0 bridgehead atoms. The third-order valence-electron chi connectivity index (χ3n) is 14.8. The molecule has 3 heterocycles. The third kappa shape index (κ3) is 6.00. The molecule has 0 aliphatic rings. The highest BCUT2D eigenvalue weighted by Crippen LogP contribution is 2.42. The molecule has 14 aromatic rings. The van der Waals surface area contributed by atoms with Crippen molar-refractivity contribution in [2.24, 2.45) is 0 Å². The van der Waals surface area contributed by atoms with Gasteiger partial charge in [-0.15, -0.1) is 0 Å². The third-order valence-corrected chi connectivity index (χ3v) is 19.6. The van der Waals surface area contributed by atoms with Gasteiger partial charge in [-0.2, -0.15) is 0 Å². The Morgan fingerprint density at radius 1 is 0.229 bits per heavy atom. The van der Waals surface area contributed by atoms with Gasteiger partial charge < -0.3 is 13.7 Å². The Labute approximate surface area is 407 Å². The molecule has 0 unspecified atom stereocenters. The van der Waals surface area contributed by atoms with Crippen molar-refractivity contribution in [3.8, 4) is 28.2 Å². The van der Waals surface area contributed by atoms with E-state index in [0.29, 0.717) is 0 Å². The second kappa shape index (κ2) is 16.1. The lowest BCUT2D eigenvalue weighted by Crippen LogP contribution is -2.74. The number of hydrogen-bond donors (Lipinski definition) is 0. The average Bonchev–Trinajstić information content (AvgIpc) is 4.08. The Morgan fingerprint density at radius 3 is 1.14 bits per heavy atom. The highest BCUT2D eigenvalue weighted by molar-refractivity contribution is 7.19. The van der Waals surface area contributed by atoms with Gasteiger partial charge in [0, 0.05) is 43.7 Å². The van der Waals surface area contributed by atoms with E-state index in [9.17, 15) is 0 Å². The lowest BCUT2D eigenvalue weighted by molar-refractivity contribution is 1.17. The standard InChI is InChI=1S/C66H45N3Si/c1-5-20-48(21-6-1)68-59-31-16-13-28-54(59)56-42-36-46(44-64(56)68)47-37-43-57-55-29-14-17-32-60(55)69(65(57)45-47)63-35-19-34-62-66(63)58-30-15-18-33-61(58)67(62)49-38-40-53(41-39-49)70(50-22-7-2-8-23-50,51-24-9-3-10-25-51)52-26-11-4-12-27-52/h1-45H. The molecule has 0 atom stereocenters. The van der Waals surface area contributed by atoms with E-state index in [1.807, 2.05) is 0 Å². The van der Waals surface area contributed by atoms with E-state index in [4.69, 9.17) is 0 Å². The van der Waals surface area contributed by atoms with E-state index >= 15 is 0 Å². The molecule has 0 spiro atoms. The zero-order chi connectivity index (χ0) is 46.2. The minimum absolute atomic E-state index is 1.14. The number of aromatic nitrogens is 3. The van der Waals surface area contributed by atoms with Crippen molar-refractivity contribution in [2.45, 2.75) is 0 Å². The molecule has 0 N–H and O–H groups in total. The van der Waals surface area contributed by atoms with Gasteiger partial charge in [0.05, 0.1) is 38.8 Å². The van der Waals surface area contributed by atoms with Gasteiger partial charge in [0.15, 0.2) is 8.07 Å². The largest absolute Gasteiger partial charge is 0.309 e. The molecule has 328 valence electrons. The summed E-state index contributed by atoms with van der Waals surface area (Å²) in [6.45, 7) is 0. The number of hydrogen-bond acceptors (Lipinski definition) is 0. The summed E-state index contributed by atoms with van der Waals surface area (Å²) < 4.78 is 7.38. The Bertz CT molecular complexity index is 4170. The highest BCUT2D eigenvalue weighted by Gasteiger charge is 2.41. The van der Waals surface area contributed by atoms with E-state index in [1.165, 1.54) is 97.3 Å². The number of para-hydroxylation sites is 4. The summed E-state index contributed by atoms with van der Waals surface area (Å²) in [5, 5.41) is 12.9. The average molecular weight is 908 g/mol. The van der Waals surface area contributed by atoms with Gasteiger partial charge in [-0.25, -0.2) is 0 Å². The zero-order valence-corrected chi connectivity index (χ0v) is 39.3. The quantitative estimate of drug-likeness (QED) is 0.107. The van der Waals surface area contributed by atoms with Crippen LogP contribution >= 0.6 is 0 Å². The van der Waals surface area contributed by atoms with Gasteiger partial charge in [-0.1, -0.05) is 206 Å².